The van der Waals surface area contributed by atoms with Gasteiger partial charge in [-0.25, -0.2) is 0 Å². The fraction of sp³-hybridized carbons (Fsp3) is 0.250. The Balaban J connectivity index is 0.00000131. The molecule has 0 saturated carbocycles. The summed E-state index contributed by atoms with van der Waals surface area (Å²) in [5.74, 6) is 0.924. The van der Waals surface area contributed by atoms with Crippen molar-refractivity contribution in [3.8, 4) is 5.75 Å². The molecule has 27 heavy (non-hydrogen) atoms. The smallest absolute Gasteiger partial charge is 0.193 e. The standard InChI is InChI=1S/C20H21N3O2.2ClH/c1-23(2)10-9-21-20-18-17(13-5-3-4-6-14(13)19(18)25)15-8-7-12(24)11-16(15)22-20;;/h3-8,11,17,21-22,24H,9-10H2,1-2H3;2*1H. The average Bonchev–Trinajstić information content (AvgIpc) is 2.88. The summed E-state index contributed by atoms with van der Waals surface area (Å²) in [7, 11) is 4.03. The summed E-state index contributed by atoms with van der Waals surface area (Å²) >= 11 is 0. The minimum absolute atomic E-state index is 0. The van der Waals surface area contributed by atoms with Crippen molar-refractivity contribution in [2.75, 3.05) is 32.5 Å². The Labute approximate surface area is 171 Å². The molecular weight excluding hydrogens is 385 g/mol. The molecule has 4 rings (SSSR count). The fourth-order valence-electron chi connectivity index (χ4n) is 3.62. The van der Waals surface area contributed by atoms with Crippen LogP contribution in [-0.4, -0.2) is 43.0 Å². The maximum absolute atomic E-state index is 13.0. The van der Waals surface area contributed by atoms with E-state index in [0.717, 1.165) is 46.9 Å². The van der Waals surface area contributed by atoms with Crippen LogP contribution in [0.3, 0.4) is 0 Å². The van der Waals surface area contributed by atoms with Gasteiger partial charge in [0.2, 0.25) is 0 Å². The van der Waals surface area contributed by atoms with Gasteiger partial charge in [0.05, 0.1) is 5.57 Å². The number of Topliss-reactive ketones (excluding diaryl/α,β-unsaturated/α-hetero) is 1. The Hall–Kier alpha value is -2.21. The van der Waals surface area contributed by atoms with Gasteiger partial charge in [0.15, 0.2) is 5.78 Å². The van der Waals surface area contributed by atoms with Crippen molar-refractivity contribution in [1.29, 1.82) is 0 Å². The highest BCUT2D eigenvalue weighted by molar-refractivity contribution is 6.16. The van der Waals surface area contributed by atoms with Gasteiger partial charge in [-0.2, -0.15) is 0 Å². The normalized spacial score (nSPS) is 16.6. The highest BCUT2D eigenvalue weighted by atomic mass is 35.5. The zero-order valence-electron chi connectivity index (χ0n) is 15.2. The van der Waals surface area contributed by atoms with Gasteiger partial charge in [0.25, 0.3) is 0 Å². The number of phenolic OH excluding ortho intramolecular Hbond substituents is 1. The molecule has 0 fully saturated rings. The molecule has 144 valence electrons. The Kier molecular flexibility index (Phi) is 6.42. The summed E-state index contributed by atoms with van der Waals surface area (Å²) in [5, 5.41) is 16.6. The average molecular weight is 408 g/mol. The minimum Gasteiger partial charge on any atom is -0.508 e. The number of benzene rings is 2. The van der Waals surface area contributed by atoms with E-state index >= 15 is 0 Å². The van der Waals surface area contributed by atoms with E-state index in [1.54, 1.807) is 12.1 Å². The topological polar surface area (TPSA) is 64.6 Å². The number of carbonyl (C=O) groups excluding carboxylic acids is 1. The number of nitrogens with zero attached hydrogens (tertiary/aromatic N) is 1. The van der Waals surface area contributed by atoms with Crippen LogP contribution in [0.5, 0.6) is 5.75 Å². The summed E-state index contributed by atoms with van der Waals surface area (Å²) < 4.78 is 0. The van der Waals surface area contributed by atoms with Crippen LogP contribution in [-0.2, 0) is 0 Å². The number of hydrogen-bond donors (Lipinski definition) is 3. The second-order valence-electron chi connectivity index (χ2n) is 6.76. The van der Waals surface area contributed by atoms with Crippen LogP contribution >= 0.6 is 24.8 Å². The van der Waals surface area contributed by atoms with E-state index in [1.165, 1.54) is 0 Å². The highest BCUT2D eigenvalue weighted by Crippen LogP contribution is 2.48. The lowest BCUT2D eigenvalue weighted by molar-refractivity contribution is 0.103. The van der Waals surface area contributed by atoms with Crippen LogP contribution in [0.2, 0.25) is 0 Å². The van der Waals surface area contributed by atoms with E-state index in [2.05, 4.69) is 15.5 Å². The van der Waals surface area contributed by atoms with Gasteiger partial charge in [-0.05, 0) is 31.3 Å². The van der Waals surface area contributed by atoms with Crippen molar-refractivity contribution < 1.29 is 9.90 Å². The first-order valence-corrected chi connectivity index (χ1v) is 8.42. The van der Waals surface area contributed by atoms with Crippen molar-refractivity contribution in [2.24, 2.45) is 0 Å². The van der Waals surface area contributed by atoms with Crippen LogP contribution in [0.15, 0.2) is 53.9 Å². The molecule has 2 aromatic carbocycles. The van der Waals surface area contributed by atoms with Gasteiger partial charge < -0.3 is 20.6 Å². The lowest BCUT2D eigenvalue weighted by atomic mass is 9.86. The van der Waals surface area contributed by atoms with Crippen LogP contribution in [0.1, 0.15) is 27.4 Å². The molecule has 0 bridgehead atoms. The maximum atomic E-state index is 13.0. The van der Waals surface area contributed by atoms with Gasteiger partial charge in [-0.1, -0.05) is 30.3 Å². The quantitative estimate of drug-likeness (QED) is 0.724. The molecule has 0 saturated heterocycles. The Morgan fingerprint density at radius 3 is 2.59 bits per heavy atom. The van der Waals surface area contributed by atoms with E-state index in [0.29, 0.717) is 0 Å². The zero-order valence-corrected chi connectivity index (χ0v) is 16.8. The summed E-state index contributed by atoms with van der Waals surface area (Å²) in [6, 6.07) is 13.1. The second-order valence-corrected chi connectivity index (χ2v) is 6.76. The van der Waals surface area contributed by atoms with Gasteiger partial charge in [-0.15, -0.1) is 24.8 Å². The molecule has 7 heteroatoms. The third kappa shape index (κ3) is 3.63. The van der Waals surface area contributed by atoms with Crippen LogP contribution in [0, 0.1) is 0 Å². The van der Waals surface area contributed by atoms with Gasteiger partial charge in [0, 0.05) is 36.3 Å². The number of halogens is 2. The Morgan fingerprint density at radius 1 is 1.11 bits per heavy atom. The van der Waals surface area contributed by atoms with Crippen LogP contribution in [0.25, 0.3) is 0 Å². The number of rotatable bonds is 4. The molecule has 2 aliphatic rings. The number of ketones is 1. The molecule has 1 atom stereocenters. The van der Waals surface area contributed by atoms with Crippen molar-refractivity contribution in [1.82, 2.24) is 10.2 Å². The highest BCUT2D eigenvalue weighted by Gasteiger charge is 2.41. The maximum Gasteiger partial charge on any atom is 0.193 e. The Morgan fingerprint density at radius 2 is 1.85 bits per heavy atom. The second kappa shape index (κ2) is 8.21. The summed E-state index contributed by atoms with van der Waals surface area (Å²) in [5.41, 5.74) is 4.41. The van der Waals surface area contributed by atoms with Gasteiger partial charge >= 0.3 is 0 Å². The first-order valence-electron chi connectivity index (χ1n) is 8.42. The van der Waals surface area contributed by atoms with Crippen molar-refractivity contribution in [3.63, 3.8) is 0 Å². The lowest BCUT2D eigenvalue weighted by Gasteiger charge is -2.28. The van der Waals surface area contributed by atoms with Crippen molar-refractivity contribution in [2.45, 2.75) is 5.92 Å². The molecule has 1 aliphatic heterocycles. The third-order valence-corrected chi connectivity index (χ3v) is 4.79. The predicted octanol–water partition coefficient (Wildman–Crippen LogP) is 3.35. The summed E-state index contributed by atoms with van der Waals surface area (Å²) in [6.07, 6.45) is 0. The molecule has 0 spiro atoms. The molecule has 1 heterocycles. The molecular formula is C20H23Cl2N3O2. The molecule has 1 unspecified atom stereocenters. The lowest BCUT2D eigenvalue weighted by Crippen LogP contribution is -2.33. The number of phenols is 1. The van der Waals surface area contributed by atoms with Gasteiger partial charge in [-0.3, -0.25) is 4.79 Å². The first-order chi connectivity index (χ1) is 12.1. The molecule has 0 radical (unpaired) electrons. The fourth-order valence-corrected chi connectivity index (χ4v) is 3.62. The predicted molar refractivity (Wildman–Crippen MR) is 112 cm³/mol. The molecule has 1 aliphatic carbocycles. The SMILES string of the molecule is CN(C)CCNC1=C2C(=O)c3ccccc3C2c2ccc(O)cc2N1.Cl.Cl. The van der Waals surface area contributed by atoms with E-state index < -0.39 is 0 Å². The van der Waals surface area contributed by atoms with Crippen LogP contribution in [0.4, 0.5) is 5.69 Å². The van der Waals surface area contributed by atoms with Crippen molar-refractivity contribution in [3.05, 3.63) is 70.5 Å². The van der Waals surface area contributed by atoms with E-state index in [-0.39, 0.29) is 42.3 Å². The number of carbonyl (C=O) groups is 1. The molecule has 3 N–H and O–H groups in total. The summed E-state index contributed by atoms with van der Waals surface area (Å²) in [4.78, 5) is 15.1. The first kappa shape index (κ1) is 21.1. The monoisotopic (exact) mass is 407 g/mol. The molecule has 0 amide bonds. The summed E-state index contributed by atoms with van der Waals surface area (Å²) in [6.45, 7) is 1.58. The number of hydrogen-bond acceptors (Lipinski definition) is 5. The number of aromatic hydroxyl groups is 1. The van der Waals surface area contributed by atoms with Gasteiger partial charge in [0.1, 0.15) is 11.6 Å². The number of nitrogens with one attached hydrogen (secondary N) is 2. The van der Waals surface area contributed by atoms with E-state index in [1.807, 2.05) is 44.4 Å². The molecule has 2 aromatic rings. The zero-order chi connectivity index (χ0) is 17.6. The Bertz CT molecular complexity index is 897. The number of anilines is 1. The van der Waals surface area contributed by atoms with E-state index in [9.17, 15) is 9.90 Å². The van der Waals surface area contributed by atoms with E-state index in [4.69, 9.17) is 0 Å². The molecule has 5 nitrogen and oxygen atoms in total. The minimum atomic E-state index is -0.0950. The third-order valence-electron chi connectivity index (χ3n) is 4.79. The number of likely N-dealkylation sites (N-methyl/N-ethyl adjacent to an activating group) is 1. The largest absolute Gasteiger partial charge is 0.508 e. The number of allylic oxidation sites excluding steroid dienone is 1. The number of fused-ring (bicyclic) bond motifs is 5. The van der Waals surface area contributed by atoms with Crippen molar-refractivity contribution >= 4 is 36.3 Å². The molecule has 0 aromatic heterocycles. The van der Waals surface area contributed by atoms with Crippen LogP contribution < -0.4 is 10.6 Å².